The largest absolute Gasteiger partial charge is 0.425 e. The lowest BCUT2D eigenvalue weighted by atomic mass is 10.4. The summed E-state index contributed by atoms with van der Waals surface area (Å²) in [5.74, 6) is 0. The molecule has 0 aliphatic rings. The molecule has 2 N–H and O–H groups in total. The van der Waals surface area contributed by atoms with Crippen molar-refractivity contribution in [2.45, 2.75) is 6.18 Å². The number of nitrogens with two attached hydrogens (primary N) is 1. The molecule has 0 radical (unpaired) electrons. The van der Waals surface area contributed by atoms with Crippen LogP contribution in [0.1, 0.15) is 9.75 Å². The molecule has 0 unspecified atom stereocenters. The van der Waals surface area contributed by atoms with Gasteiger partial charge in [0, 0.05) is 11.4 Å². The lowest BCUT2D eigenvalue weighted by Gasteiger charge is -1.99. The van der Waals surface area contributed by atoms with Crippen LogP contribution in [-0.2, 0) is 6.18 Å². The van der Waals surface area contributed by atoms with Gasteiger partial charge in [-0.15, -0.1) is 11.3 Å². The number of halogens is 3. The Morgan fingerprint density at radius 3 is 2.54 bits per heavy atom. The molecule has 0 spiro atoms. The number of hydrogen-bond donors (Lipinski definition) is 1. The van der Waals surface area contributed by atoms with E-state index in [9.17, 15) is 13.2 Å². The van der Waals surface area contributed by atoms with E-state index in [4.69, 9.17) is 5.73 Å². The van der Waals surface area contributed by atoms with E-state index < -0.39 is 11.1 Å². The summed E-state index contributed by atoms with van der Waals surface area (Å²) in [7, 11) is 0. The second kappa shape index (κ2) is 3.93. The van der Waals surface area contributed by atoms with Crippen LogP contribution in [0.4, 0.5) is 13.2 Å². The van der Waals surface area contributed by atoms with Gasteiger partial charge in [0.25, 0.3) is 0 Å². The van der Waals surface area contributed by atoms with E-state index in [0.29, 0.717) is 22.8 Å². The van der Waals surface area contributed by atoms with Crippen LogP contribution >= 0.6 is 11.3 Å². The van der Waals surface area contributed by atoms with Gasteiger partial charge in [-0.2, -0.15) is 13.2 Å². The summed E-state index contributed by atoms with van der Waals surface area (Å²) >= 11 is 0.712. The van der Waals surface area contributed by atoms with Gasteiger partial charge in [-0.1, -0.05) is 6.08 Å². The van der Waals surface area contributed by atoms with Gasteiger partial charge in [0.1, 0.15) is 4.88 Å². The van der Waals surface area contributed by atoms with E-state index in [1.165, 1.54) is 6.07 Å². The Bertz CT molecular complexity index is 301. The van der Waals surface area contributed by atoms with Crippen LogP contribution in [0.3, 0.4) is 0 Å². The summed E-state index contributed by atoms with van der Waals surface area (Å²) in [6.07, 6.45) is -1.04. The number of thiophene rings is 1. The Labute approximate surface area is 77.7 Å². The van der Waals surface area contributed by atoms with Crippen molar-refractivity contribution >= 4 is 17.4 Å². The van der Waals surface area contributed by atoms with Crippen LogP contribution in [0.15, 0.2) is 18.2 Å². The molecule has 0 aliphatic heterocycles. The summed E-state index contributed by atoms with van der Waals surface area (Å²) in [5, 5.41) is 0. The first kappa shape index (κ1) is 10.3. The maximum absolute atomic E-state index is 12.1. The average molecular weight is 207 g/mol. The van der Waals surface area contributed by atoms with E-state index in [2.05, 4.69) is 0 Å². The Balaban J connectivity index is 2.81. The zero-order chi connectivity index (χ0) is 9.90. The molecule has 0 aliphatic carbocycles. The molecule has 5 heteroatoms. The third-order valence-corrected chi connectivity index (χ3v) is 2.42. The summed E-state index contributed by atoms with van der Waals surface area (Å²) < 4.78 is 36.3. The molecule has 1 heterocycles. The molecule has 0 fully saturated rings. The molecule has 1 aromatic rings. The molecule has 1 nitrogen and oxygen atoms in total. The summed E-state index contributed by atoms with van der Waals surface area (Å²) in [6, 6.07) is 2.50. The summed E-state index contributed by atoms with van der Waals surface area (Å²) in [6.45, 7) is 0.333. The molecule has 13 heavy (non-hydrogen) atoms. The molecule has 1 aromatic heterocycles. The number of hydrogen-bond acceptors (Lipinski definition) is 2. The third-order valence-electron chi connectivity index (χ3n) is 1.32. The fourth-order valence-corrected chi connectivity index (χ4v) is 1.59. The average Bonchev–Trinajstić information content (AvgIpc) is 2.47. The highest BCUT2D eigenvalue weighted by molar-refractivity contribution is 7.13. The highest BCUT2D eigenvalue weighted by Gasteiger charge is 2.31. The van der Waals surface area contributed by atoms with Gasteiger partial charge in [0.2, 0.25) is 0 Å². The Morgan fingerprint density at radius 1 is 1.38 bits per heavy atom. The zero-order valence-electron chi connectivity index (χ0n) is 6.64. The smallest absolute Gasteiger partial charge is 0.327 e. The SMILES string of the molecule is NC/C=C/c1ccc(C(F)(F)F)s1. The first-order chi connectivity index (χ1) is 6.04. The quantitative estimate of drug-likeness (QED) is 0.792. The van der Waals surface area contributed by atoms with Crippen LogP contribution in [0.5, 0.6) is 0 Å². The van der Waals surface area contributed by atoms with Crippen LogP contribution < -0.4 is 5.73 Å². The van der Waals surface area contributed by atoms with Crippen molar-refractivity contribution in [2.24, 2.45) is 5.73 Å². The van der Waals surface area contributed by atoms with Crippen molar-refractivity contribution in [3.8, 4) is 0 Å². The van der Waals surface area contributed by atoms with Crippen molar-refractivity contribution in [1.82, 2.24) is 0 Å². The Kier molecular flexibility index (Phi) is 3.11. The van der Waals surface area contributed by atoms with Crippen molar-refractivity contribution in [2.75, 3.05) is 6.54 Å². The van der Waals surface area contributed by atoms with Gasteiger partial charge < -0.3 is 5.73 Å². The van der Waals surface area contributed by atoms with Crippen molar-refractivity contribution < 1.29 is 13.2 Å². The maximum Gasteiger partial charge on any atom is 0.425 e. The van der Waals surface area contributed by atoms with Gasteiger partial charge in [0.05, 0.1) is 0 Å². The predicted molar refractivity (Wildman–Crippen MR) is 47.4 cm³/mol. The van der Waals surface area contributed by atoms with Crippen LogP contribution in [0, 0.1) is 0 Å². The van der Waals surface area contributed by atoms with Crippen molar-refractivity contribution in [3.05, 3.63) is 28.0 Å². The minimum atomic E-state index is -4.24. The lowest BCUT2D eigenvalue weighted by molar-refractivity contribution is -0.134. The highest BCUT2D eigenvalue weighted by Crippen LogP contribution is 2.34. The fourth-order valence-electron chi connectivity index (χ4n) is 0.779. The zero-order valence-corrected chi connectivity index (χ0v) is 7.45. The summed E-state index contributed by atoms with van der Waals surface area (Å²) in [5.41, 5.74) is 5.16. The molecule has 1 rings (SSSR count). The van der Waals surface area contributed by atoms with E-state index in [1.54, 1.807) is 12.2 Å². The minimum Gasteiger partial charge on any atom is -0.327 e. The van der Waals surface area contributed by atoms with Gasteiger partial charge in [-0.25, -0.2) is 0 Å². The molecule has 0 amide bonds. The van der Waals surface area contributed by atoms with E-state index in [1.807, 2.05) is 0 Å². The molecule has 0 aromatic carbocycles. The molecule has 0 bridgehead atoms. The summed E-state index contributed by atoms with van der Waals surface area (Å²) in [4.78, 5) is -0.0121. The van der Waals surface area contributed by atoms with Crippen molar-refractivity contribution in [1.29, 1.82) is 0 Å². The monoisotopic (exact) mass is 207 g/mol. The van der Waals surface area contributed by atoms with E-state index >= 15 is 0 Å². The molecule has 72 valence electrons. The second-order valence-electron chi connectivity index (χ2n) is 2.34. The Hall–Kier alpha value is -0.810. The topological polar surface area (TPSA) is 26.0 Å². The second-order valence-corrected chi connectivity index (χ2v) is 3.45. The van der Waals surface area contributed by atoms with Gasteiger partial charge in [-0.3, -0.25) is 0 Å². The van der Waals surface area contributed by atoms with Gasteiger partial charge in [0.15, 0.2) is 0 Å². The van der Waals surface area contributed by atoms with Gasteiger partial charge >= 0.3 is 6.18 Å². The molecular formula is C8H8F3NS. The standard InChI is InChI=1S/C8H8F3NS/c9-8(10,11)7-4-3-6(13-7)2-1-5-12/h1-4H,5,12H2/b2-1+. The molecule has 0 saturated heterocycles. The number of rotatable bonds is 2. The molecule has 0 atom stereocenters. The maximum atomic E-state index is 12.1. The number of alkyl halides is 3. The van der Waals surface area contributed by atoms with E-state index in [-0.39, 0.29) is 0 Å². The Morgan fingerprint density at radius 2 is 2.08 bits per heavy atom. The lowest BCUT2D eigenvalue weighted by Crippen LogP contribution is -2.00. The van der Waals surface area contributed by atoms with Crippen LogP contribution in [-0.4, -0.2) is 6.54 Å². The van der Waals surface area contributed by atoms with Gasteiger partial charge in [-0.05, 0) is 18.2 Å². The molecular weight excluding hydrogens is 199 g/mol. The molecule has 0 saturated carbocycles. The van der Waals surface area contributed by atoms with Crippen LogP contribution in [0.25, 0.3) is 6.08 Å². The van der Waals surface area contributed by atoms with Crippen molar-refractivity contribution in [3.63, 3.8) is 0 Å². The normalized spacial score (nSPS) is 12.6. The third kappa shape index (κ3) is 2.86. The first-order valence-corrected chi connectivity index (χ1v) is 4.39. The highest BCUT2D eigenvalue weighted by atomic mass is 32.1. The predicted octanol–water partition coefficient (Wildman–Crippen LogP) is 2.74. The van der Waals surface area contributed by atoms with E-state index in [0.717, 1.165) is 6.07 Å². The van der Waals surface area contributed by atoms with Crippen LogP contribution in [0.2, 0.25) is 0 Å². The first-order valence-electron chi connectivity index (χ1n) is 3.57. The fraction of sp³-hybridized carbons (Fsp3) is 0.250. The minimum absolute atomic E-state index is 0.333.